The molecule has 1 atom stereocenters. The van der Waals surface area contributed by atoms with Crippen LogP contribution in [0.1, 0.15) is 6.92 Å². The van der Waals surface area contributed by atoms with Crippen molar-refractivity contribution in [3.05, 3.63) is 24.0 Å². The summed E-state index contributed by atoms with van der Waals surface area (Å²) in [5.74, 6) is -0.906. The standard InChI is InChI=1S/C18H25FN6O4/c1-12(26)21-10-14-11-24(18(28)29-14)13-2-3-16(15(19)8-13)23-5-4-22-25(7-6-23)17(27)9-20/h2-3,8,14,22H,4-7,9-11,20H2,1H3,(H,21,26). The molecule has 3 amide bonds. The third-order valence-corrected chi connectivity index (χ3v) is 4.79. The topological polar surface area (TPSA) is 120 Å². The summed E-state index contributed by atoms with van der Waals surface area (Å²) < 4.78 is 20.0. The van der Waals surface area contributed by atoms with E-state index in [1.165, 1.54) is 22.9 Å². The molecule has 2 aliphatic rings. The summed E-state index contributed by atoms with van der Waals surface area (Å²) in [4.78, 5) is 38.0. The van der Waals surface area contributed by atoms with E-state index in [9.17, 15) is 18.8 Å². The first-order valence-corrected chi connectivity index (χ1v) is 9.40. The van der Waals surface area contributed by atoms with Crippen molar-refractivity contribution in [2.75, 3.05) is 55.6 Å². The summed E-state index contributed by atoms with van der Waals surface area (Å²) in [6.45, 7) is 3.52. The Morgan fingerprint density at radius 2 is 2.14 bits per heavy atom. The van der Waals surface area contributed by atoms with Gasteiger partial charge in [0, 0.05) is 26.6 Å². The van der Waals surface area contributed by atoms with Gasteiger partial charge in [-0.05, 0) is 18.2 Å². The fourth-order valence-electron chi connectivity index (χ4n) is 3.31. The molecule has 1 aromatic rings. The number of nitrogens with one attached hydrogen (secondary N) is 2. The largest absolute Gasteiger partial charge is 0.442 e. The first-order valence-electron chi connectivity index (χ1n) is 9.40. The van der Waals surface area contributed by atoms with Crippen LogP contribution in [0.15, 0.2) is 18.2 Å². The van der Waals surface area contributed by atoms with Crippen LogP contribution in [0.3, 0.4) is 0 Å². The van der Waals surface area contributed by atoms with E-state index in [4.69, 9.17) is 10.5 Å². The van der Waals surface area contributed by atoms with Gasteiger partial charge in [-0.15, -0.1) is 0 Å². The molecule has 0 bridgehead atoms. The minimum absolute atomic E-state index is 0.0923. The molecule has 0 saturated carbocycles. The third-order valence-electron chi connectivity index (χ3n) is 4.79. The van der Waals surface area contributed by atoms with E-state index in [2.05, 4.69) is 10.7 Å². The summed E-state index contributed by atoms with van der Waals surface area (Å²) in [6.07, 6.45) is -1.07. The van der Waals surface area contributed by atoms with E-state index in [0.29, 0.717) is 37.6 Å². The summed E-state index contributed by atoms with van der Waals surface area (Å²) in [5.41, 5.74) is 9.14. The number of cyclic esters (lactones) is 1. The van der Waals surface area contributed by atoms with Gasteiger partial charge in [0.2, 0.25) is 11.8 Å². The predicted octanol–water partition coefficient (Wildman–Crippen LogP) is -0.601. The second-order valence-electron chi connectivity index (χ2n) is 6.83. The molecule has 2 aliphatic heterocycles. The van der Waals surface area contributed by atoms with E-state index in [1.807, 2.05) is 4.90 Å². The van der Waals surface area contributed by atoms with Gasteiger partial charge in [0.15, 0.2) is 0 Å². The number of hydrogen-bond donors (Lipinski definition) is 3. The molecule has 0 radical (unpaired) electrons. The number of hydrogen-bond acceptors (Lipinski definition) is 7. The van der Waals surface area contributed by atoms with Crippen LogP contribution in [0.5, 0.6) is 0 Å². The van der Waals surface area contributed by atoms with Crippen LogP contribution in [-0.4, -0.2) is 74.8 Å². The van der Waals surface area contributed by atoms with Crippen molar-refractivity contribution < 1.29 is 23.5 Å². The fourth-order valence-corrected chi connectivity index (χ4v) is 3.31. The summed E-state index contributed by atoms with van der Waals surface area (Å²) in [6, 6.07) is 4.56. The van der Waals surface area contributed by atoms with Gasteiger partial charge in [-0.25, -0.2) is 14.6 Å². The smallest absolute Gasteiger partial charge is 0.414 e. The highest BCUT2D eigenvalue weighted by molar-refractivity contribution is 5.90. The molecule has 2 heterocycles. The highest BCUT2D eigenvalue weighted by atomic mass is 19.1. The first kappa shape index (κ1) is 20.8. The van der Waals surface area contributed by atoms with Crippen LogP contribution in [-0.2, 0) is 14.3 Å². The Labute approximate surface area is 167 Å². The molecule has 10 nitrogen and oxygen atoms in total. The lowest BCUT2D eigenvalue weighted by atomic mass is 10.2. The molecule has 1 aromatic carbocycles. The van der Waals surface area contributed by atoms with Crippen molar-refractivity contribution in [3.8, 4) is 0 Å². The van der Waals surface area contributed by atoms with Crippen LogP contribution >= 0.6 is 0 Å². The van der Waals surface area contributed by atoms with Crippen LogP contribution in [0.4, 0.5) is 20.6 Å². The Morgan fingerprint density at radius 3 is 2.83 bits per heavy atom. The molecule has 3 rings (SSSR count). The van der Waals surface area contributed by atoms with Crippen molar-refractivity contribution in [3.63, 3.8) is 0 Å². The molecule has 4 N–H and O–H groups in total. The third kappa shape index (κ3) is 4.93. The maximum atomic E-state index is 14.8. The Kier molecular flexibility index (Phi) is 6.49. The van der Waals surface area contributed by atoms with Crippen molar-refractivity contribution in [1.82, 2.24) is 15.8 Å². The van der Waals surface area contributed by atoms with E-state index < -0.39 is 18.0 Å². The number of ether oxygens (including phenoxy) is 1. The summed E-state index contributed by atoms with van der Waals surface area (Å²) >= 11 is 0. The van der Waals surface area contributed by atoms with Gasteiger partial charge in [0.05, 0.1) is 37.6 Å². The highest BCUT2D eigenvalue weighted by Crippen LogP contribution is 2.28. The van der Waals surface area contributed by atoms with Crippen molar-refractivity contribution in [2.45, 2.75) is 13.0 Å². The Hall–Kier alpha value is -2.92. The molecule has 2 fully saturated rings. The zero-order chi connectivity index (χ0) is 21.0. The number of halogens is 1. The first-order chi connectivity index (χ1) is 13.9. The lowest BCUT2D eigenvalue weighted by molar-refractivity contribution is -0.132. The monoisotopic (exact) mass is 408 g/mol. The molecule has 0 aliphatic carbocycles. The van der Waals surface area contributed by atoms with E-state index >= 15 is 0 Å². The summed E-state index contributed by atoms with van der Waals surface area (Å²) in [5, 5.41) is 4.05. The van der Waals surface area contributed by atoms with Crippen molar-refractivity contribution >= 4 is 29.3 Å². The molecule has 0 aromatic heterocycles. The fraction of sp³-hybridized carbons (Fsp3) is 0.500. The zero-order valence-electron chi connectivity index (χ0n) is 16.2. The maximum absolute atomic E-state index is 14.8. The Morgan fingerprint density at radius 1 is 1.34 bits per heavy atom. The van der Waals surface area contributed by atoms with Gasteiger partial charge in [-0.2, -0.15) is 0 Å². The molecule has 11 heteroatoms. The molecule has 0 spiro atoms. The minimum atomic E-state index is -0.581. The van der Waals surface area contributed by atoms with Crippen LogP contribution in [0.2, 0.25) is 0 Å². The summed E-state index contributed by atoms with van der Waals surface area (Å²) in [7, 11) is 0. The predicted molar refractivity (Wildman–Crippen MR) is 104 cm³/mol. The van der Waals surface area contributed by atoms with Gasteiger partial charge in [-0.3, -0.25) is 19.5 Å². The molecule has 1 unspecified atom stereocenters. The second kappa shape index (κ2) is 9.05. The van der Waals surface area contributed by atoms with Gasteiger partial charge < -0.3 is 20.7 Å². The number of hydrazine groups is 1. The second-order valence-corrected chi connectivity index (χ2v) is 6.83. The number of nitrogens with two attached hydrogens (primary N) is 1. The number of anilines is 2. The van der Waals surface area contributed by atoms with Gasteiger partial charge in [-0.1, -0.05) is 0 Å². The Bertz CT molecular complexity index is 792. The quantitative estimate of drug-likeness (QED) is 0.595. The molecule has 158 valence electrons. The average molecular weight is 408 g/mol. The number of benzene rings is 1. The molecular formula is C18H25FN6O4. The van der Waals surface area contributed by atoms with Gasteiger partial charge in [0.25, 0.3) is 0 Å². The number of rotatable bonds is 5. The normalized spacial score (nSPS) is 19.8. The average Bonchev–Trinajstić information content (AvgIpc) is 2.90. The van der Waals surface area contributed by atoms with Crippen LogP contribution in [0, 0.1) is 5.82 Å². The number of carbonyl (C=O) groups excluding carboxylic acids is 3. The molecular weight excluding hydrogens is 383 g/mol. The zero-order valence-corrected chi connectivity index (χ0v) is 16.2. The maximum Gasteiger partial charge on any atom is 0.414 e. The van der Waals surface area contributed by atoms with Gasteiger partial charge >= 0.3 is 6.09 Å². The lowest BCUT2D eigenvalue weighted by Gasteiger charge is -2.24. The van der Waals surface area contributed by atoms with Crippen LogP contribution in [0.25, 0.3) is 0 Å². The van der Waals surface area contributed by atoms with Crippen LogP contribution < -0.4 is 26.3 Å². The minimum Gasteiger partial charge on any atom is -0.442 e. The molecule has 29 heavy (non-hydrogen) atoms. The van der Waals surface area contributed by atoms with E-state index in [0.717, 1.165) is 0 Å². The Balaban J connectivity index is 1.66. The van der Waals surface area contributed by atoms with E-state index in [1.54, 1.807) is 12.1 Å². The van der Waals surface area contributed by atoms with E-state index in [-0.39, 0.29) is 31.4 Å². The number of nitrogens with zero attached hydrogens (tertiary/aromatic N) is 3. The molecule has 2 saturated heterocycles. The lowest BCUT2D eigenvalue weighted by Crippen LogP contribution is -2.46. The number of carbonyl (C=O) groups is 3. The SMILES string of the molecule is CC(=O)NCC1CN(c2ccc(N3CCNN(C(=O)CN)CC3)c(F)c2)C(=O)O1. The number of amides is 3. The van der Waals surface area contributed by atoms with Gasteiger partial charge in [0.1, 0.15) is 11.9 Å². The highest BCUT2D eigenvalue weighted by Gasteiger charge is 2.33. The van der Waals surface area contributed by atoms with Crippen molar-refractivity contribution in [2.24, 2.45) is 5.73 Å². The van der Waals surface area contributed by atoms with Crippen molar-refractivity contribution in [1.29, 1.82) is 0 Å².